The van der Waals surface area contributed by atoms with Crippen LogP contribution in [-0.4, -0.2) is 4.98 Å². The third kappa shape index (κ3) is 2.98. The SMILES string of the molecule is Cc1cccc(CNCc2csc(C3CC3)n2)c1. The molecule has 0 radical (unpaired) electrons. The number of aryl methyl sites for hydroxylation is 1. The number of hydrogen-bond donors (Lipinski definition) is 1. The van der Waals surface area contributed by atoms with Gasteiger partial charge in [0.1, 0.15) is 0 Å². The van der Waals surface area contributed by atoms with E-state index in [1.165, 1.54) is 34.7 Å². The minimum atomic E-state index is 0.778. The Morgan fingerprint density at radius 2 is 2.22 bits per heavy atom. The lowest BCUT2D eigenvalue weighted by Gasteiger charge is -2.03. The predicted octanol–water partition coefficient (Wildman–Crippen LogP) is 3.62. The van der Waals surface area contributed by atoms with Crippen molar-refractivity contribution in [1.29, 1.82) is 0 Å². The number of benzene rings is 1. The van der Waals surface area contributed by atoms with Crippen LogP contribution in [-0.2, 0) is 13.1 Å². The van der Waals surface area contributed by atoms with E-state index >= 15 is 0 Å². The fourth-order valence-corrected chi connectivity index (χ4v) is 3.07. The molecule has 2 aromatic rings. The van der Waals surface area contributed by atoms with Gasteiger partial charge in [0.15, 0.2) is 0 Å². The summed E-state index contributed by atoms with van der Waals surface area (Å²) >= 11 is 1.82. The fraction of sp³-hybridized carbons (Fsp3) is 0.400. The van der Waals surface area contributed by atoms with Crippen molar-refractivity contribution >= 4 is 11.3 Å². The molecule has 94 valence electrons. The van der Waals surface area contributed by atoms with Gasteiger partial charge in [-0.15, -0.1) is 11.3 Å². The van der Waals surface area contributed by atoms with Gasteiger partial charge in [0.2, 0.25) is 0 Å². The first-order valence-electron chi connectivity index (χ1n) is 6.52. The maximum absolute atomic E-state index is 4.68. The Morgan fingerprint density at radius 1 is 1.33 bits per heavy atom. The number of nitrogens with one attached hydrogen (secondary N) is 1. The Bertz CT molecular complexity index is 529. The third-order valence-corrected chi connectivity index (χ3v) is 4.27. The number of hydrogen-bond acceptors (Lipinski definition) is 3. The molecule has 3 heteroatoms. The Morgan fingerprint density at radius 3 is 3.00 bits per heavy atom. The van der Waals surface area contributed by atoms with Crippen molar-refractivity contribution in [2.75, 3.05) is 0 Å². The highest BCUT2D eigenvalue weighted by Gasteiger charge is 2.26. The van der Waals surface area contributed by atoms with Gasteiger partial charge in [0.05, 0.1) is 10.7 Å². The van der Waals surface area contributed by atoms with Gasteiger partial charge in [-0.2, -0.15) is 0 Å². The Balaban J connectivity index is 1.51. The van der Waals surface area contributed by atoms with Crippen LogP contribution in [0.15, 0.2) is 29.6 Å². The molecule has 1 saturated carbocycles. The molecule has 1 aromatic carbocycles. The second kappa shape index (κ2) is 5.21. The van der Waals surface area contributed by atoms with E-state index in [9.17, 15) is 0 Å². The van der Waals surface area contributed by atoms with Gasteiger partial charge in [-0.05, 0) is 25.3 Å². The van der Waals surface area contributed by atoms with E-state index in [-0.39, 0.29) is 0 Å². The molecule has 1 heterocycles. The number of thiazole rings is 1. The van der Waals surface area contributed by atoms with Crippen LogP contribution in [0, 0.1) is 6.92 Å². The van der Waals surface area contributed by atoms with Gasteiger partial charge in [0.25, 0.3) is 0 Å². The molecule has 3 rings (SSSR count). The summed E-state index contributed by atoms with van der Waals surface area (Å²) in [5, 5.41) is 6.99. The molecule has 0 bridgehead atoms. The van der Waals surface area contributed by atoms with Crippen LogP contribution in [0.2, 0.25) is 0 Å². The lowest BCUT2D eigenvalue weighted by Crippen LogP contribution is -2.13. The van der Waals surface area contributed by atoms with E-state index in [0.717, 1.165) is 19.0 Å². The molecule has 1 aliphatic rings. The average molecular weight is 258 g/mol. The zero-order chi connectivity index (χ0) is 12.4. The quantitative estimate of drug-likeness (QED) is 0.886. The lowest BCUT2D eigenvalue weighted by atomic mass is 10.1. The number of aromatic nitrogens is 1. The summed E-state index contributed by atoms with van der Waals surface area (Å²) in [5.41, 5.74) is 3.85. The van der Waals surface area contributed by atoms with Crippen molar-refractivity contribution in [3.8, 4) is 0 Å². The molecule has 1 aromatic heterocycles. The van der Waals surface area contributed by atoms with Crippen molar-refractivity contribution in [3.63, 3.8) is 0 Å². The first-order chi connectivity index (χ1) is 8.81. The zero-order valence-corrected chi connectivity index (χ0v) is 11.5. The fourth-order valence-electron chi connectivity index (χ4n) is 2.08. The Hall–Kier alpha value is -1.19. The largest absolute Gasteiger partial charge is 0.307 e. The maximum Gasteiger partial charge on any atom is 0.0959 e. The van der Waals surface area contributed by atoms with E-state index in [4.69, 9.17) is 0 Å². The molecular weight excluding hydrogens is 240 g/mol. The Kier molecular flexibility index (Phi) is 3.43. The van der Waals surface area contributed by atoms with Crippen LogP contribution in [0.25, 0.3) is 0 Å². The second-order valence-corrected chi connectivity index (χ2v) is 5.93. The lowest BCUT2D eigenvalue weighted by molar-refractivity contribution is 0.680. The standard InChI is InChI=1S/C15H18N2S/c1-11-3-2-4-12(7-11)8-16-9-14-10-18-15(17-14)13-5-6-13/h2-4,7,10,13,16H,5-6,8-9H2,1H3. The van der Waals surface area contributed by atoms with E-state index in [1.54, 1.807) is 0 Å². The summed E-state index contributed by atoms with van der Waals surface area (Å²) in [6.07, 6.45) is 2.67. The van der Waals surface area contributed by atoms with Gasteiger partial charge in [-0.1, -0.05) is 29.8 Å². The minimum Gasteiger partial charge on any atom is -0.307 e. The monoisotopic (exact) mass is 258 g/mol. The highest BCUT2D eigenvalue weighted by Crippen LogP contribution is 2.41. The van der Waals surface area contributed by atoms with Crippen LogP contribution >= 0.6 is 11.3 Å². The van der Waals surface area contributed by atoms with E-state index < -0.39 is 0 Å². The van der Waals surface area contributed by atoms with Crippen LogP contribution in [0.3, 0.4) is 0 Å². The smallest absolute Gasteiger partial charge is 0.0959 e. The molecule has 1 fully saturated rings. The highest BCUT2D eigenvalue weighted by molar-refractivity contribution is 7.09. The number of rotatable bonds is 5. The summed E-state index contributed by atoms with van der Waals surface area (Å²) in [4.78, 5) is 4.68. The molecule has 2 nitrogen and oxygen atoms in total. The Labute approximate surface area is 112 Å². The van der Waals surface area contributed by atoms with E-state index in [2.05, 4.69) is 46.9 Å². The van der Waals surface area contributed by atoms with Crippen LogP contribution < -0.4 is 5.32 Å². The first-order valence-corrected chi connectivity index (χ1v) is 7.40. The van der Waals surface area contributed by atoms with Crippen molar-refractivity contribution in [1.82, 2.24) is 10.3 Å². The highest BCUT2D eigenvalue weighted by atomic mass is 32.1. The summed E-state index contributed by atoms with van der Waals surface area (Å²) in [6, 6.07) is 8.63. The van der Waals surface area contributed by atoms with Gasteiger partial charge < -0.3 is 5.32 Å². The zero-order valence-electron chi connectivity index (χ0n) is 10.6. The third-order valence-electron chi connectivity index (χ3n) is 3.21. The summed E-state index contributed by atoms with van der Waals surface area (Å²) < 4.78 is 0. The van der Waals surface area contributed by atoms with E-state index in [0.29, 0.717) is 0 Å². The van der Waals surface area contributed by atoms with Crippen LogP contribution in [0.1, 0.15) is 40.6 Å². The van der Waals surface area contributed by atoms with Crippen molar-refractivity contribution in [2.45, 2.75) is 38.8 Å². The van der Waals surface area contributed by atoms with Crippen molar-refractivity contribution in [2.24, 2.45) is 0 Å². The predicted molar refractivity (Wildman–Crippen MR) is 75.8 cm³/mol. The van der Waals surface area contributed by atoms with Crippen molar-refractivity contribution in [3.05, 3.63) is 51.5 Å². The van der Waals surface area contributed by atoms with Gasteiger partial charge >= 0.3 is 0 Å². The van der Waals surface area contributed by atoms with Gasteiger partial charge in [-0.25, -0.2) is 4.98 Å². The molecule has 0 unspecified atom stereocenters. The molecule has 0 amide bonds. The summed E-state index contributed by atoms with van der Waals surface area (Å²) in [6.45, 7) is 3.92. The molecule has 18 heavy (non-hydrogen) atoms. The maximum atomic E-state index is 4.68. The number of nitrogens with zero attached hydrogens (tertiary/aromatic N) is 1. The molecule has 0 aliphatic heterocycles. The second-order valence-electron chi connectivity index (χ2n) is 5.04. The summed E-state index contributed by atoms with van der Waals surface area (Å²) in [5.74, 6) is 0.778. The van der Waals surface area contributed by atoms with Gasteiger partial charge in [0, 0.05) is 24.4 Å². The molecular formula is C15H18N2S. The minimum absolute atomic E-state index is 0.778. The van der Waals surface area contributed by atoms with Crippen LogP contribution in [0.5, 0.6) is 0 Å². The molecule has 1 N–H and O–H groups in total. The van der Waals surface area contributed by atoms with Crippen molar-refractivity contribution < 1.29 is 0 Å². The molecule has 0 saturated heterocycles. The van der Waals surface area contributed by atoms with Crippen LogP contribution in [0.4, 0.5) is 0 Å². The normalized spacial score (nSPS) is 14.9. The first kappa shape index (κ1) is 11.9. The van der Waals surface area contributed by atoms with E-state index in [1.807, 2.05) is 11.3 Å². The molecule has 0 spiro atoms. The summed E-state index contributed by atoms with van der Waals surface area (Å²) in [7, 11) is 0. The molecule has 0 atom stereocenters. The van der Waals surface area contributed by atoms with Gasteiger partial charge in [-0.3, -0.25) is 0 Å². The average Bonchev–Trinajstić information content (AvgIpc) is 3.10. The molecule has 1 aliphatic carbocycles. The topological polar surface area (TPSA) is 24.9 Å².